The number of nitrogens with one attached hydrogen (secondary N) is 1. The SMILES string of the molecule is C/C(=N/Nc1c(F)c(F)nc(F)c1F)c1ccc(N(C)C)cc1. The molecule has 2 rings (SSSR count). The lowest BCUT2D eigenvalue weighted by Crippen LogP contribution is -2.09. The summed E-state index contributed by atoms with van der Waals surface area (Å²) >= 11 is 0. The molecule has 2 aromatic rings. The summed E-state index contributed by atoms with van der Waals surface area (Å²) in [5.74, 6) is -6.75. The smallest absolute Gasteiger partial charge is 0.254 e. The van der Waals surface area contributed by atoms with Gasteiger partial charge in [-0.1, -0.05) is 12.1 Å². The average Bonchev–Trinajstić information content (AvgIpc) is 2.53. The van der Waals surface area contributed by atoms with Crippen molar-refractivity contribution in [3.63, 3.8) is 0 Å². The molecule has 1 N–H and O–H groups in total. The average molecular weight is 326 g/mol. The standard InChI is InChI=1S/C15H14F4N4/c1-8(9-4-6-10(7-5-9)23(2)3)21-22-13-11(16)14(18)20-15(19)12(13)17/h4-7H,1-3H3,(H,20,22)/b21-8-. The summed E-state index contributed by atoms with van der Waals surface area (Å²) in [5, 5.41) is 3.75. The van der Waals surface area contributed by atoms with Crippen LogP contribution in [0.15, 0.2) is 29.4 Å². The van der Waals surface area contributed by atoms with Gasteiger partial charge in [0.25, 0.3) is 11.9 Å². The van der Waals surface area contributed by atoms with Gasteiger partial charge in [0.15, 0.2) is 0 Å². The fraction of sp³-hybridized carbons (Fsp3) is 0.200. The van der Waals surface area contributed by atoms with Gasteiger partial charge in [-0.2, -0.15) is 27.6 Å². The van der Waals surface area contributed by atoms with E-state index in [0.717, 1.165) is 5.69 Å². The highest BCUT2D eigenvalue weighted by Gasteiger charge is 2.20. The van der Waals surface area contributed by atoms with Crippen molar-refractivity contribution in [2.45, 2.75) is 6.92 Å². The molecule has 0 aliphatic rings. The number of benzene rings is 1. The molecule has 1 aromatic heterocycles. The van der Waals surface area contributed by atoms with Crippen molar-refractivity contribution in [1.82, 2.24) is 4.98 Å². The van der Waals surface area contributed by atoms with Crippen molar-refractivity contribution in [3.8, 4) is 0 Å². The van der Waals surface area contributed by atoms with Crippen molar-refractivity contribution < 1.29 is 17.6 Å². The number of hydrazone groups is 1. The van der Waals surface area contributed by atoms with Crippen LogP contribution in [-0.2, 0) is 0 Å². The maximum absolute atomic E-state index is 13.5. The molecule has 0 fully saturated rings. The lowest BCUT2D eigenvalue weighted by atomic mass is 10.1. The molecule has 0 aliphatic carbocycles. The number of hydrogen-bond donors (Lipinski definition) is 1. The van der Waals surface area contributed by atoms with Crippen LogP contribution in [0, 0.1) is 23.5 Å². The van der Waals surface area contributed by atoms with Crippen LogP contribution in [0.5, 0.6) is 0 Å². The summed E-state index contributed by atoms with van der Waals surface area (Å²) < 4.78 is 52.9. The quantitative estimate of drug-likeness (QED) is 0.404. The van der Waals surface area contributed by atoms with Gasteiger partial charge in [0, 0.05) is 19.8 Å². The molecular weight excluding hydrogens is 312 g/mol. The maximum Gasteiger partial charge on any atom is 0.254 e. The van der Waals surface area contributed by atoms with Gasteiger partial charge in [0.1, 0.15) is 5.69 Å². The van der Waals surface area contributed by atoms with Gasteiger partial charge in [-0.05, 0) is 24.6 Å². The van der Waals surface area contributed by atoms with Crippen LogP contribution in [0.25, 0.3) is 0 Å². The highest BCUT2D eigenvalue weighted by Crippen LogP contribution is 2.22. The highest BCUT2D eigenvalue weighted by atomic mass is 19.2. The van der Waals surface area contributed by atoms with Gasteiger partial charge in [0.05, 0.1) is 5.71 Å². The first-order chi connectivity index (χ1) is 10.8. The van der Waals surface area contributed by atoms with Crippen LogP contribution in [0.3, 0.4) is 0 Å². The second-order valence-corrected chi connectivity index (χ2v) is 4.95. The Kier molecular flexibility index (Phi) is 4.83. The zero-order valence-corrected chi connectivity index (χ0v) is 12.7. The molecule has 0 saturated heterocycles. The summed E-state index contributed by atoms with van der Waals surface area (Å²) in [7, 11) is 3.77. The third-order valence-electron chi connectivity index (χ3n) is 3.13. The normalized spacial score (nSPS) is 11.5. The van der Waals surface area contributed by atoms with E-state index in [1.807, 2.05) is 36.6 Å². The molecule has 4 nitrogen and oxygen atoms in total. The van der Waals surface area contributed by atoms with Crippen LogP contribution in [0.4, 0.5) is 28.9 Å². The number of pyridine rings is 1. The van der Waals surface area contributed by atoms with Crippen molar-refractivity contribution >= 4 is 17.1 Å². The minimum atomic E-state index is -1.74. The highest BCUT2D eigenvalue weighted by molar-refractivity contribution is 5.99. The summed E-state index contributed by atoms with van der Waals surface area (Å²) in [4.78, 5) is 4.37. The van der Waals surface area contributed by atoms with Gasteiger partial charge >= 0.3 is 0 Å². The Morgan fingerprint density at radius 3 is 2.00 bits per heavy atom. The predicted octanol–water partition coefficient (Wildman–Crippen LogP) is 3.54. The molecular formula is C15H14F4N4. The fourth-order valence-corrected chi connectivity index (χ4v) is 1.79. The van der Waals surface area contributed by atoms with E-state index in [1.165, 1.54) is 0 Å². The number of anilines is 2. The van der Waals surface area contributed by atoms with E-state index in [2.05, 4.69) is 10.1 Å². The van der Waals surface area contributed by atoms with E-state index < -0.39 is 29.2 Å². The maximum atomic E-state index is 13.5. The van der Waals surface area contributed by atoms with Gasteiger partial charge in [-0.25, -0.2) is 0 Å². The molecule has 1 aromatic carbocycles. The first-order valence-corrected chi connectivity index (χ1v) is 6.59. The van der Waals surface area contributed by atoms with E-state index in [-0.39, 0.29) is 0 Å². The second kappa shape index (κ2) is 6.64. The Morgan fingerprint density at radius 1 is 1.00 bits per heavy atom. The first kappa shape index (κ1) is 16.7. The molecule has 0 aliphatic heterocycles. The van der Waals surface area contributed by atoms with Gasteiger partial charge in [-0.3, -0.25) is 5.43 Å². The Hall–Kier alpha value is -2.64. The molecule has 0 saturated carbocycles. The van der Waals surface area contributed by atoms with Gasteiger partial charge in [0.2, 0.25) is 11.6 Å². The van der Waals surface area contributed by atoms with E-state index in [9.17, 15) is 17.6 Å². The van der Waals surface area contributed by atoms with E-state index in [0.29, 0.717) is 11.3 Å². The molecule has 0 radical (unpaired) electrons. The molecule has 0 amide bonds. The van der Waals surface area contributed by atoms with Crippen LogP contribution in [-0.4, -0.2) is 24.8 Å². The van der Waals surface area contributed by atoms with E-state index in [1.54, 1.807) is 19.1 Å². The first-order valence-electron chi connectivity index (χ1n) is 6.59. The van der Waals surface area contributed by atoms with E-state index in [4.69, 9.17) is 0 Å². The summed E-state index contributed by atoms with van der Waals surface area (Å²) in [6, 6.07) is 7.19. The number of hydrogen-bond acceptors (Lipinski definition) is 4. The molecule has 0 spiro atoms. The second-order valence-electron chi connectivity index (χ2n) is 4.95. The number of rotatable bonds is 4. The zero-order chi connectivity index (χ0) is 17.1. The lowest BCUT2D eigenvalue weighted by Gasteiger charge is -2.12. The van der Waals surface area contributed by atoms with Gasteiger partial charge in [-0.15, -0.1) is 0 Å². The van der Waals surface area contributed by atoms with Crippen molar-refractivity contribution in [3.05, 3.63) is 53.4 Å². The molecule has 0 bridgehead atoms. The molecule has 0 unspecified atom stereocenters. The fourth-order valence-electron chi connectivity index (χ4n) is 1.79. The molecule has 23 heavy (non-hydrogen) atoms. The summed E-state index contributed by atoms with van der Waals surface area (Å²) in [5.41, 5.74) is 3.00. The van der Waals surface area contributed by atoms with E-state index >= 15 is 0 Å². The van der Waals surface area contributed by atoms with Crippen LogP contribution < -0.4 is 10.3 Å². The number of aromatic nitrogens is 1. The van der Waals surface area contributed by atoms with Crippen LogP contribution in [0.1, 0.15) is 12.5 Å². The third kappa shape index (κ3) is 3.58. The van der Waals surface area contributed by atoms with Crippen molar-refractivity contribution in [2.75, 3.05) is 24.4 Å². The van der Waals surface area contributed by atoms with Crippen molar-refractivity contribution in [1.29, 1.82) is 0 Å². The lowest BCUT2D eigenvalue weighted by molar-refractivity contribution is 0.411. The Balaban J connectivity index is 2.26. The topological polar surface area (TPSA) is 40.5 Å². The minimum absolute atomic E-state index is 0.381. The molecule has 1 heterocycles. The predicted molar refractivity (Wildman–Crippen MR) is 80.7 cm³/mol. The van der Waals surface area contributed by atoms with Crippen LogP contribution in [0.2, 0.25) is 0 Å². The number of halogens is 4. The Bertz CT molecular complexity index is 716. The zero-order valence-electron chi connectivity index (χ0n) is 12.7. The third-order valence-corrected chi connectivity index (χ3v) is 3.13. The van der Waals surface area contributed by atoms with Crippen LogP contribution >= 0.6 is 0 Å². The Morgan fingerprint density at radius 2 is 1.52 bits per heavy atom. The van der Waals surface area contributed by atoms with Gasteiger partial charge < -0.3 is 4.90 Å². The molecule has 122 valence electrons. The summed E-state index contributed by atoms with van der Waals surface area (Å²) in [6.07, 6.45) is 0. The minimum Gasteiger partial charge on any atom is -0.378 e. The summed E-state index contributed by atoms with van der Waals surface area (Å²) in [6.45, 7) is 1.58. The monoisotopic (exact) mass is 326 g/mol. The largest absolute Gasteiger partial charge is 0.378 e. The van der Waals surface area contributed by atoms with Crippen molar-refractivity contribution in [2.24, 2.45) is 5.10 Å². The molecule has 8 heteroatoms. The Labute approximate surface area is 130 Å². The molecule has 0 atom stereocenters. The number of nitrogens with zero attached hydrogens (tertiary/aromatic N) is 3.